The van der Waals surface area contributed by atoms with Crippen LogP contribution in [0.5, 0.6) is 0 Å². The van der Waals surface area contributed by atoms with Gasteiger partial charge in [0, 0.05) is 45.0 Å². The first-order valence-electron chi connectivity index (χ1n) is 7.69. The van der Waals surface area contributed by atoms with Crippen molar-refractivity contribution in [1.29, 1.82) is 0 Å². The number of hydrogen-bond acceptors (Lipinski definition) is 4. The predicted octanol–water partition coefficient (Wildman–Crippen LogP) is 1.56. The van der Waals surface area contributed by atoms with E-state index in [0.29, 0.717) is 18.1 Å². The highest BCUT2D eigenvalue weighted by molar-refractivity contribution is 5.34. The largest absolute Gasteiger partial charge is 0.383 e. The average molecular weight is 278 g/mol. The standard InChI is InChI=1S/C15H26N4O/c1-11-10-19(6-7-20-3)15(16-11)18(2)14-8-12-4-5-13(9-14)17-12/h10,12-14,17H,4-9H2,1-3H3. The summed E-state index contributed by atoms with van der Waals surface area (Å²) in [7, 11) is 3.94. The number of ether oxygens (including phenoxy) is 1. The maximum atomic E-state index is 5.20. The van der Waals surface area contributed by atoms with Gasteiger partial charge < -0.3 is 19.5 Å². The molecule has 112 valence electrons. The molecule has 3 rings (SSSR count). The number of fused-ring (bicyclic) bond motifs is 2. The van der Waals surface area contributed by atoms with Crippen LogP contribution in [0.3, 0.4) is 0 Å². The van der Waals surface area contributed by atoms with Crippen LogP contribution >= 0.6 is 0 Å². The lowest BCUT2D eigenvalue weighted by atomic mass is 9.99. The molecule has 2 unspecified atom stereocenters. The van der Waals surface area contributed by atoms with Crippen LogP contribution in [0.25, 0.3) is 0 Å². The van der Waals surface area contributed by atoms with Gasteiger partial charge in [-0.1, -0.05) is 0 Å². The fourth-order valence-electron chi connectivity index (χ4n) is 3.68. The predicted molar refractivity (Wildman–Crippen MR) is 80.2 cm³/mol. The van der Waals surface area contributed by atoms with Gasteiger partial charge in [-0.25, -0.2) is 4.98 Å². The molecule has 3 heterocycles. The molecule has 0 saturated carbocycles. The van der Waals surface area contributed by atoms with Gasteiger partial charge in [-0.15, -0.1) is 0 Å². The van der Waals surface area contributed by atoms with E-state index in [9.17, 15) is 0 Å². The van der Waals surface area contributed by atoms with E-state index in [0.717, 1.165) is 24.8 Å². The summed E-state index contributed by atoms with van der Waals surface area (Å²) in [5.41, 5.74) is 1.08. The van der Waals surface area contributed by atoms with Gasteiger partial charge in [-0.05, 0) is 32.6 Å². The quantitative estimate of drug-likeness (QED) is 0.887. The highest BCUT2D eigenvalue weighted by Gasteiger charge is 2.36. The van der Waals surface area contributed by atoms with E-state index in [2.05, 4.69) is 35.0 Å². The Morgan fingerprint density at radius 2 is 2.10 bits per heavy atom. The molecule has 2 atom stereocenters. The van der Waals surface area contributed by atoms with Crippen LogP contribution in [-0.2, 0) is 11.3 Å². The van der Waals surface area contributed by atoms with Crippen LogP contribution in [0.15, 0.2) is 6.20 Å². The second-order valence-electron chi connectivity index (χ2n) is 6.24. The second kappa shape index (κ2) is 5.74. The smallest absolute Gasteiger partial charge is 0.205 e. The zero-order chi connectivity index (χ0) is 14.1. The van der Waals surface area contributed by atoms with E-state index in [1.165, 1.54) is 25.7 Å². The highest BCUT2D eigenvalue weighted by atomic mass is 16.5. The molecule has 20 heavy (non-hydrogen) atoms. The molecule has 0 spiro atoms. The first-order chi connectivity index (χ1) is 9.67. The molecule has 1 aromatic rings. The van der Waals surface area contributed by atoms with E-state index in [1.807, 2.05) is 0 Å². The topological polar surface area (TPSA) is 42.3 Å². The Morgan fingerprint density at radius 3 is 2.75 bits per heavy atom. The molecule has 0 aliphatic carbocycles. The van der Waals surface area contributed by atoms with E-state index >= 15 is 0 Å². The third-order valence-corrected chi connectivity index (χ3v) is 4.72. The summed E-state index contributed by atoms with van der Waals surface area (Å²) >= 11 is 0. The summed E-state index contributed by atoms with van der Waals surface area (Å²) in [6, 6.07) is 2.03. The van der Waals surface area contributed by atoms with Gasteiger partial charge in [-0.3, -0.25) is 0 Å². The Kier molecular flexibility index (Phi) is 3.98. The highest BCUT2D eigenvalue weighted by Crippen LogP contribution is 2.31. The fraction of sp³-hybridized carbons (Fsp3) is 0.800. The molecule has 1 aromatic heterocycles. The van der Waals surface area contributed by atoms with Crippen LogP contribution in [0.2, 0.25) is 0 Å². The molecule has 5 heteroatoms. The zero-order valence-corrected chi connectivity index (χ0v) is 12.8. The molecule has 2 bridgehead atoms. The van der Waals surface area contributed by atoms with Crippen molar-refractivity contribution in [2.45, 2.75) is 57.3 Å². The Bertz CT molecular complexity index is 447. The van der Waals surface area contributed by atoms with Gasteiger partial charge in [0.25, 0.3) is 0 Å². The molecular formula is C15H26N4O. The Hall–Kier alpha value is -1.07. The van der Waals surface area contributed by atoms with Crippen molar-refractivity contribution in [1.82, 2.24) is 14.9 Å². The maximum absolute atomic E-state index is 5.20. The van der Waals surface area contributed by atoms with Crippen LogP contribution in [0.1, 0.15) is 31.4 Å². The molecule has 5 nitrogen and oxygen atoms in total. The molecule has 2 fully saturated rings. The van der Waals surface area contributed by atoms with Gasteiger partial charge in [0.05, 0.1) is 12.3 Å². The summed E-state index contributed by atoms with van der Waals surface area (Å²) < 4.78 is 7.43. The van der Waals surface area contributed by atoms with Gasteiger partial charge >= 0.3 is 0 Å². The van der Waals surface area contributed by atoms with Gasteiger partial charge in [0.1, 0.15) is 0 Å². The van der Waals surface area contributed by atoms with Gasteiger partial charge in [0.15, 0.2) is 0 Å². The van der Waals surface area contributed by atoms with Crippen molar-refractivity contribution < 1.29 is 4.74 Å². The van der Waals surface area contributed by atoms with Crippen LogP contribution < -0.4 is 10.2 Å². The minimum atomic E-state index is 0.608. The minimum Gasteiger partial charge on any atom is -0.383 e. The number of imidazole rings is 1. The van der Waals surface area contributed by atoms with Crippen molar-refractivity contribution in [2.24, 2.45) is 0 Å². The Balaban J connectivity index is 1.74. The molecule has 0 amide bonds. The molecule has 2 saturated heterocycles. The van der Waals surface area contributed by atoms with Crippen molar-refractivity contribution in [3.8, 4) is 0 Å². The van der Waals surface area contributed by atoms with Gasteiger partial charge in [-0.2, -0.15) is 0 Å². The third kappa shape index (κ3) is 2.69. The van der Waals surface area contributed by atoms with Crippen molar-refractivity contribution in [3.05, 3.63) is 11.9 Å². The lowest BCUT2D eigenvalue weighted by Gasteiger charge is -2.36. The van der Waals surface area contributed by atoms with Gasteiger partial charge in [0.2, 0.25) is 5.95 Å². The number of piperidine rings is 1. The molecule has 2 aliphatic heterocycles. The Morgan fingerprint density at radius 1 is 1.40 bits per heavy atom. The number of methoxy groups -OCH3 is 1. The number of anilines is 1. The van der Waals surface area contributed by atoms with Crippen molar-refractivity contribution in [3.63, 3.8) is 0 Å². The summed E-state index contributed by atoms with van der Waals surface area (Å²) in [5, 5.41) is 3.71. The van der Waals surface area contributed by atoms with Crippen molar-refractivity contribution >= 4 is 5.95 Å². The molecule has 1 N–H and O–H groups in total. The van der Waals surface area contributed by atoms with Crippen LogP contribution in [0, 0.1) is 6.92 Å². The molecule has 0 aromatic carbocycles. The fourth-order valence-corrected chi connectivity index (χ4v) is 3.68. The lowest BCUT2D eigenvalue weighted by Crippen LogP contribution is -2.47. The van der Waals surface area contributed by atoms with E-state index < -0.39 is 0 Å². The number of rotatable bonds is 5. The van der Waals surface area contributed by atoms with E-state index in [4.69, 9.17) is 9.72 Å². The summed E-state index contributed by atoms with van der Waals surface area (Å²) in [6.07, 6.45) is 7.28. The molecule has 0 radical (unpaired) electrons. The summed E-state index contributed by atoms with van der Waals surface area (Å²) in [4.78, 5) is 7.11. The van der Waals surface area contributed by atoms with Crippen LogP contribution in [0.4, 0.5) is 5.95 Å². The molecule has 2 aliphatic rings. The number of aryl methyl sites for hydroxylation is 1. The monoisotopic (exact) mass is 278 g/mol. The number of aromatic nitrogens is 2. The first-order valence-corrected chi connectivity index (χ1v) is 7.69. The van der Waals surface area contributed by atoms with E-state index in [1.54, 1.807) is 7.11 Å². The minimum absolute atomic E-state index is 0.608. The normalized spacial score (nSPS) is 28.9. The average Bonchev–Trinajstić information content (AvgIpc) is 2.98. The van der Waals surface area contributed by atoms with Crippen LogP contribution in [-0.4, -0.2) is 48.4 Å². The zero-order valence-electron chi connectivity index (χ0n) is 12.8. The number of nitrogens with zero attached hydrogens (tertiary/aromatic N) is 3. The third-order valence-electron chi connectivity index (χ3n) is 4.72. The summed E-state index contributed by atoms with van der Waals surface area (Å²) in [5.74, 6) is 1.09. The Labute approximate surface area is 121 Å². The SMILES string of the molecule is COCCn1cc(C)nc1N(C)C1CC2CCC(C1)N2. The van der Waals surface area contributed by atoms with Crippen molar-refractivity contribution in [2.75, 3.05) is 25.7 Å². The lowest BCUT2D eigenvalue weighted by molar-refractivity contribution is 0.187. The summed E-state index contributed by atoms with van der Waals surface area (Å²) in [6.45, 7) is 3.66. The maximum Gasteiger partial charge on any atom is 0.205 e. The number of hydrogen-bond donors (Lipinski definition) is 1. The molecular weight excluding hydrogens is 252 g/mol. The van der Waals surface area contributed by atoms with E-state index in [-0.39, 0.29) is 0 Å². The number of nitrogens with one attached hydrogen (secondary N) is 1. The first kappa shape index (κ1) is 13.9. The second-order valence-corrected chi connectivity index (χ2v) is 6.24.